The minimum absolute atomic E-state index is 0.349. The van der Waals surface area contributed by atoms with E-state index in [2.05, 4.69) is 29.8 Å². The monoisotopic (exact) mass is 207 g/mol. The predicted molar refractivity (Wildman–Crippen MR) is 50.5 cm³/mol. The smallest absolute Gasteiger partial charge is 0.00313 e. The van der Waals surface area contributed by atoms with Crippen molar-refractivity contribution in [2.75, 3.05) is 11.9 Å². The van der Waals surface area contributed by atoms with Gasteiger partial charge in [-0.05, 0) is 24.8 Å². The first-order valence-electron chi connectivity index (χ1n) is 3.88. The number of halogens is 1. The summed E-state index contributed by atoms with van der Waals surface area (Å²) in [5, 5.41) is 1.12. The second-order valence-electron chi connectivity index (χ2n) is 3.51. The molecule has 1 nitrogen and oxygen atoms in total. The van der Waals surface area contributed by atoms with Gasteiger partial charge in [0, 0.05) is 5.33 Å². The van der Waals surface area contributed by atoms with Crippen LogP contribution >= 0.6 is 15.9 Å². The van der Waals surface area contributed by atoms with E-state index in [0.29, 0.717) is 5.41 Å². The molecule has 0 spiro atoms. The Morgan fingerprint density at radius 2 is 1.90 bits per heavy atom. The molecule has 0 aliphatic rings. The van der Waals surface area contributed by atoms with E-state index in [4.69, 9.17) is 5.73 Å². The van der Waals surface area contributed by atoms with E-state index in [-0.39, 0.29) is 0 Å². The Hall–Kier alpha value is 0.440. The number of unbranched alkanes of at least 4 members (excludes halogenated alkanes) is 1. The van der Waals surface area contributed by atoms with E-state index in [1.165, 1.54) is 19.3 Å². The Kier molecular flexibility index (Phi) is 5.36. The molecule has 0 fully saturated rings. The van der Waals surface area contributed by atoms with Crippen molar-refractivity contribution in [2.45, 2.75) is 33.1 Å². The van der Waals surface area contributed by atoms with Gasteiger partial charge in [-0.1, -0.05) is 36.2 Å². The van der Waals surface area contributed by atoms with Crippen LogP contribution in [0.3, 0.4) is 0 Å². The molecule has 0 radical (unpaired) electrons. The van der Waals surface area contributed by atoms with Gasteiger partial charge >= 0.3 is 0 Å². The summed E-state index contributed by atoms with van der Waals surface area (Å²) < 4.78 is 0. The van der Waals surface area contributed by atoms with E-state index >= 15 is 0 Å². The van der Waals surface area contributed by atoms with Crippen molar-refractivity contribution in [1.29, 1.82) is 0 Å². The second kappa shape index (κ2) is 5.14. The topological polar surface area (TPSA) is 26.0 Å². The lowest BCUT2D eigenvalue weighted by molar-refractivity contribution is 0.336. The fourth-order valence-corrected chi connectivity index (χ4v) is 1.20. The van der Waals surface area contributed by atoms with Crippen LogP contribution in [0, 0.1) is 5.41 Å². The quantitative estimate of drug-likeness (QED) is 0.545. The van der Waals surface area contributed by atoms with E-state index < -0.39 is 0 Å². The maximum Gasteiger partial charge on any atom is 0.00313 e. The van der Waals surface area contributed by atoms with Gasteiger partial charge in [-0.15, -0.1) is 0 Å². The zero-order valence-electron chi connectivity index (χ0n) is 6.99. The lowest BCUT2D eigenvalue weighted by atomic mass is 9.88. The predicted octanol–water partition coefficient (Wildman–Crippen LogP) is 2.54. The molecule has 2 heteroatoms. The molecular weight excluding hydrogens is 190 g/mol. The number of nitrogens with two attached hydrogens (primary N) is 1. The third kappa shape index (κ3) is 5.24. The first-order chi connectivity index (χ1) is 4.62. The van der Waals surface area contributed by atoms with Crippen LogP contribution in [0.15, 0.2) is 0 Å². The molecule has 10 heavy (non-hydrogen) atoms. The van der Waals surface area contributed by atoms with Crippen molar-refractivity contribution in [2.24, 2.45) is 11.1 Å². The van der Waals surface area contributed by atoms with Crippen LogP contribution < -0.4 is 5.73 Å². The zero-order valence-corrected chi connectivity index (χ0v) is 8.58. The lowest BCUT2D eigenvalue weighted by Gasteiger charge is -2.21. The van der Waals surface area contributed by atoms with E-state index in [0.717, 1.165) is 11.9 Å². The average molecular weight is 208 g/mol. The maximum absolute atomic E-state index is 5.58. The van der Waals surface area contributed by atoms with Crippen molar-refractivity contribution >= 4 is 15.9 Å². The molecule has 0 atom stereocenters. The molecule has 0 aromatic rings. The van der Waals surface area contributed by atoms with Crippen LogP contribution in [0.2, 0.25) is 0 Å². The van der Waals surface area contributed by atoms with Gasteiger partial charge in [-0.3, -0.25) is 0 Å². The number of hydrogen-bond donors (Lipinski definition) is 1. The van der Waals surface area contributed by atoms with E-state index in [9.17, 15) is 0 Å². The van der Waals surface area contributed by atoms with Crippen LogP contribution in [0.25, 0.3) is 0 Å². The van der Waals surface area contributed by atoms with Gasteiger partial charge in [0.05, 0.1) is 0 Å². The highest BCUT2D eigenvalue weighted by Gasteiger charge is 2.13. The highest BCUT2D eigenvalue weighted by Crippen LogP contribution is 2.21. The van der Waals surface area contributed by atoms with Gasteiger partial charge in [-0.2, -0.15) is 0 Å². The maximum atomic E-state index is 5.58. The van der Waals surface area contributed by atoms with Crippen LogP contribution in [0.1, 0.15) is 33.1 Å². The van der Waals surface area contributed by atoms with Crippen molar-refractivity contribution in [3.63, 3.8) is 0 Å². The molecular formula is C8H18BrN. The van der Waals surface area contributed by atoms with Gasteiger partial charge in [0.25, 0.3) is 0 Å². The van der Waals surface area contributed by atoms with Gasteiger partial charge in [0.15, 0.2) is 0 Å². The molecule has 0 aliphatic carbocycles. The highest BCUT2D eigenvalue weighted by molar-refractivity contribution is 9.09. The Bertz CT molecular complexity index is 81.3. The van der Waals surface area contributed by atoms with Crippen molar-refractivity contribution in [1.82, 2.24) is 0 Å². The van der Waals surface area contributed by atoms with Crippen LogP contribution in [-0.2, 0) is 0 Å². The summed E-state index contributed by atoms with van der Waals surface area (Å²) in [6.07, 6.45) is 3.80. The zero-order chi connectivity index (χ0) is 8.04. The summed E-state index contributed by atoms with van der Waals surface area (Å²) in [4.78, 5) is 0. The minimum atomic E-state index is 0.349. The average Bonchev–Trinajstić information content (AvgIpc) is 1.89. The van der Waals surface area contributed by atoms with E-state index in [1.807, 2.05) is 0 Å². The third-order valence-corrected chi connectivity index (χ3v) is 2.35. The molecule has 0 bridgehead atoms. The van der Waals surface area contributed by atoms with Gasteiger partial charge in [0.1, 0.15) is 0 Å². The minimum Gasteiger partial charge on any atom is -0.330 e. The molecule has 0 aromatic carbocycles. The molecule has 0 unspecified atom stereocenters. The number of alkyl halides is 1. The van der Waals surface area contributed by atoms with Gasteiger partial charge < -0.3 is 5.73 Å². The van der Waals surface area contributed by atoms with Crippen LogP contribution in [-0.4, -0.2) is 11.9 Å². The molecule has 0 aromatic heterocycles. The summed E-state index contributed by atoms with van der Waals surface area (Å²) in [7, 11) is 0. The fraction of sp³-hybridized carbons (Fsp3) is 1.00. The van der Waals surface area contributed by atoms with Crippen LogP contribution in [0.4, 0.5) is 0 Å². The Labute approximate surface area is 72.5 Å². The summed E-state index contributed by atoms with van der Waals surface area (Å²) in [5.74, 6) is 0. The Morgan fingerprint density at radius 1 is 1.30 bits per heavy atom. The molecule has 0 aliphatic heterocycles. The second-order valence-corrected chi connectivity index (χ2v) is 4.31. The normalized spacial score (nSPS) is 12.0. The molecule has 0 heterocycles. The molecule has 62 valence electrons. The third-order valence-electron chi connectivity index (χ3n) is 1.79. The van der Waals surface area contributed by atoms with Crippen LogP contribution in [0.5, 0.6) is 0 Å². The molecule has 0 amide bonds. The first kappa shape index (κ1) is 10.4. The van der Waals surface area contributed by atoms with Gasteiger partial charge in [-0.25, -0.2) is 0 Å². The summed E-state index contributed by atoms with van der Waals surface area (Å²) >= 11 is 3.41. The fourth-order valence-electron chi connectivity index (χ4n) is 0.800. The molecule has 2 N–H and O–H groups in total. The lowest BCUT2D eigenvalue weighted by Crippen LogP contribution is -2.23. The standard InChI is InChI=1S/C8H18BrN/c1-8(2,7-10)5-3-4-6-9/h3-7,10H2,1-2H3. The Morgan fingerprint density at radius 3 is 2.30 bits per heavy atom. The largest absolute Gasteiger partial charge is 0.330 e. The molecule has 0 rings (SSSR count). The van der Waals surface area contributed by atoms with Gasteiger partial charge in [0.2, 0.25) is 0 Å². The highest BCUT2D eigenvalue weighted by atomic mass is 79.9. The summed E-state index contributed by atoms with van der Waals surface area (Å²) in [5.41, 5.74) is 5.93. The van der Waals surface area contributed by atoms with Crippen molar-refractivity contribution in [3.8, 4) is 0 Å². The first-order valence-corrected chi connectivity index (χ1v) is 5.00. The summed E-state index contributed by atoms with van der Waals surface area (Å²) in [6.45, 7) is 5.25. The summed E-state index contributed by atoms with van der Waals surface area (Å²) in [6, 6.07) is 0. The van der Waals surface area contributed by atoms with Crippen molar-refractivity contribution in [3.05, 3.63) is 0 Å². The molecule has 0 saturated heterocycles. The SMILES string of the molecule is CC(C)(CN)CCCCBr. The van der Waals surface area contributed by atoms with E-state index in [1.54, 1.807) is 0 Å². The number of hydrogen-bond acceptors (Lipinski definition) is 1. The van der Waals surface area contributed by atoms with Crippen molar-refractivity contribution < 1.29 is 0 Å². The number of rotatable bonds is 5. The Balaban J connectivity index is 3.28. The molecule has 0 saturated carbocycles.